The number of hydrogen-bond donors (Lipinski definition) is 2. The Kier molecular flexibility index (Phi) is 6.71. The molecule has 1 aliphatic rings. The summed E-state index contributed by atoms with van der Waals surface area (Å²) in [7, 11) is 0. The molecule has 1 unspecified atom stereocenters. The summed E-state index contributed by atoms with van der Waals surface area (Å²) in [6.07, 6.45) is 5.65. The summed E-state index contributed by atoms with van der Waals surface area (Å²) in [5, 5.41) is 3.18. The number of nitrogens with zero attached hydrogens (tertiary/aromatic N) is 1. The molecule has 1 aliphatic heterocycles. The summed E-state index contributed by atoms with van der Waals surface area (Å²) in [6.45, 7) is 7.57. The Morgan fingerprint density at radius 3 is 2.52 bits per heavy atom. The minimum absolute atomic E-state index is 0.0440. The average molecular weight is 373 g/mol. The zero-order chi connectivity index (χ0) is 19.9. The predicted octanol–water partition coefficient (Wildman–Crippen LogP) is 4.91. The molecule has 2 rings (SSSR count). The first-order valence-electron chi connectivity index (χ1n) is 8.33. The summed E-state index contributed by atoms with van der Waals surface area (Å²) in [5.74, 6) is 0. The number of hydrogen-bond acceptors (Lipinski definition) is 3. The highest BCUT2D eigenvalue weighted by atomic mass is 19.4. The van der Waals surface area contributed by atoms with E-state index in [1.54, 1.807) is 30.4 Å². The molecule has 0 aromatic heterocycles. The minimum Gasteiger partial charge on any atom is -0.397 e. The number of nitrogens with one attached hydrogen (secondary N) is 1. The fourth-order valence-electron chi connectivity index (χ4n) is 2.60. The second kappa shape index (κ2) is 8.98. The number of rotatable bonds is 7. The first kappa shape index (κ1) is 20.2. The van der Waals surface area contributed by atoms with Gasteiger partial charge in [0.15, 0.2) is 0 Å². The number of benzene rings is 1. The third-order valence-corrected chi connectivity index (χ3v) is 3.81. The van der Waals surface area contributed by atoms with Gasteiger partial charge in [-0.15, -0.1) is 0 Å². The Morgan fingerprint density at radius 2 is 1.93 bits per heavy atom. The average Bonchev–Trinajstić information content (AvgIpc) is 2.66. The number of nitrogens with two attached hydrogens (primary N) is 1. The van der Waals surface area contributed by atoms with Gasteiger partial charge in [0.05, 0.1) is 17.8 Å². The lowest BCUT2D eigenvalue weighted by Gasteiger charge is -2.35. The van der Waals surface area contributed by atoms with Crippen molar-refractivity contribution in [2.45, 2.75) is 18.8 Å². The highest BCUT2D eigenvalue weighted by Crippen LogP contribution is 2.26. The van der Waals surface area contributed by atoms with Crippen molar-refractivity contribution in [3.05, 3.63) is 103 Å². The number of alkyl halides is 3. The highest BCUT2D eigenvalue weighted by Gasteiger charge is 2.26. The Hall–Kier alpha value is -3.15. The maximum atomic E-state index is 12.5. The Balaban J connectivity index is 2.32. The van der Waals surface area contributed by atoms with Crippen LogP contribution in [-0.4, -0.2) is 12.3 Å². The molecular formula is C21H22F3N3. The number of para-hydroxylation sites is 1. The van der Waals surface area contributed by atoms with Crippen molar-refractivity contribution in [2.75, 3.05) is 4.90 Å². The largest absolute Gasteiger partial charge is 0.397 e. The summed E-state index contributed by atoms with van der Waals surface area (Å²) in [6, 6.07) is 9.56. The summed E-state index contributed by atoms with van der Waals surface area (Å²) < 4.78 is 37.4. The second-order valence-corrected chi connectivity index (χ2v) is 5.77. The fourth-order valence-corrected chi connectivity index (χ4v) is 2.60. The van der Waals surface area contributed by atoms with Crippen LogP contribution in [0.5, 0.6) is 0 Å². The van der Waals surface area contributed by atoms with Crippen LogP contribution in [0.15, 0.2) is 103 Å². The Labute approximate surface area is 157 Å². The number of anilines is 1. The van der Waals surface area contributed by atoms with E-state index >= 15 is 0 Å². The van der Waals surface area contributed by atoms with E-state index in [0.29, 0.717) is 5.70 Å². The van der Waals surface area contributed by atoms with E-state index < -0.39 is 12.6 Å². The van der Waals surface area contributed by atoms with Gasteiger partial charge in [0.25, 0.3) is 0 Å². The molecule has 3 N–H and O–H groups in total. The molecule has 3 nitrogen and oxygen atoms in total. The van der Waals surface area contributed by atoms with Crippen LogP contribution in [0.25, 0.3) is 0 Å². The van der Waals surface area contributed by atoms with E-state index in [-0.39, 0.29) is 11.9 Å². The van der Waals surface area contributed by atoms with Crippen LogP contribution in [0.3, 0.4) is 0 Å². The smallest absolute Gasteiger partial charge is 0.392 e. The standard InChI is InChI=1S/C21H22F3N3/c1-3-9-16(4-2)27(17-10-6-5-7-11-17)20-13-8-12-19(26-20)18(25)14-15-21(22,23)24/h3-14,20,26H,1-2,15,25H2/b16-9+,18-14+. The van der Waals surface area contributed by atoms with Crippen LogP contribution in [0, 0.1) is 0 Å². The molecule has 27 heavy (non-hydrogen) atoms. The molecule has 0 spiro atoms. The zero-order valence-electron chi connectivity index (χ0n) is 14.8. The lowest BCUT2D eigenvalue weighted by atomic mass is 10.1. The molecule has 1 aromatic rings. The number of allylic oxidation sites excluding steroid dienone is 6. The molecule has 1 atom stereocenters. The Morgan fingerprint density at radius 1 is 1.22 bits per heavy atom. The maximum Gasteiger partial charge on any atom is 0.392 e. The first-order chi connectivity index (χ1) is 12.9. The monoisotopic (exact) mass is 373 g/mol. The molecule has 0 aliphatic carbocycles. The molecule has 1 aromatic carbocycles. The van der Waals surface area contributed by atoms with Crippen molar-refractivity contribution in [2.24, 2.45) is 5.73 Å². The van der Waals surface area contributed by atoms with Crippen LogP contribution < -0.4 is 16.0 Å². The van der Waals surface area contributed by atoms with Crippen molar-refractivity contribution in [3.8, 4) is 0 Å². The lowest BCUT2D eigenvalue weighted by molar-refractivity contribution is -0.125. The molecule has 142 valence electrons. The van der Waals surface area contributed by atoms with Crippen molar-refractivity contribution >= 4 is 5.69 Å². The predicted molar refractivity (Wildman–Crippen MR) is 104 cm³/mol. The Bertz CT molecular complexity index is 787. The summed E-state index contributed by atoms with van der Waals surface area (Å²) >= 11 is 0. The first-order valence-corrected chi connectivity index (χ1v) is 8.33. The van der Waals surface area contributed by atoms with E-state index in [9.17, 15) is 13.2 Å². The molecule has 0 radical (unpaired) electrons. The fraction of sp³-hybridized carbons (Fsp3) is 0.143. The van der Waals surface area contributed by atoms with E-state index in [2.05, 4.69) is 18.5 Å². The van der Waals surface area contributed by atoms with Crippen LogP contribution in [0.2, 0.25) is 0 Å². The van der Waals surface area contributed by atoms with Gasteiger partial charge in [-0.25, -0.2) is 0 Å². The van der Waals surface area contributed by atoms with Gasteiger partial charge < -0.3 is 16.0 Å². The van der Waals surface area contributed by atoms with Gasteiger partial charge in [0.1, 0.15) is 6.17 Å². The van der Waals surface area contributed by atoms with Crippen molar-refractivity contribution in [1.82, 2.24) is 5.32 Å². The van der Waals surface area contributed by atoms with Crippen molar-refractivity contribution < 1.29 is 13.2 Å². The van der Waals surface area contributed by atoms with E-state index in [0.717, 1.165) is 17.5 Å². The van der Waals surface area contributed by atoms with Gasteiger partial charge in [0.2, 0.25) is 0 Å². The normalized spacial score (nSPS) is 17.7. The van der Waals surface area contributed by atoms with Gasteiger partial charge in [0, 0.05) is 11.4 Å². The lowest BCUT2D eigenvalue weighted by Crippen LogP contribution is -2.45. The van der Waals surface area contributed by atoms with Crippen LogP contribution in [0.1, 0.15) is 6.42 Å². The molecule has 0 bridgehead atoms. The van der Waals surface area contributed by atoms with Crippen LogP contribution in [0.4, 0.5) is 18.9 Å². The third-order valence-electron chi connectivity index (χ3n) is 3.81. The molecular weight excluding hydrogens is 351 g/mol. The van der Waals surface area contributed by atoms with Crippen LogP contribution in [-0.2, 0) is 0 Å². The number of halogens is 3. The topological polar surface area (TPSA) is 41.3 Å². The zero-order valence-corrected chi connectivity index (χ0v) is 14.8. The molecule has 0 fully saturated rings. The van der Waals surface area contributed by atoms with E-state index in [1.165, 1.54) is 0 Å². The molecule has 0 saturated carbocycles. The summed E-state index contributed by atoms with van der Waals surface area (Å²) in [5.41, 5.74) is 7.98. The number of dihydropyridines is 1. The molecule has 1 heterocycles. The van der Waals surface area contributed by atoms with Crippen LogP contribution >= 0.6 is 0 Å². The van der Waals surface area contributed by atoms with Gasteiger partial charge in [-0.3, -0.25) is 0 Å². The minimum atomic E-state index is -4.30. The quantitative estimate of drug-likeness (QED) is 0.667. The van der Waals surface area contributed by atoms with Gasteiger partial charge in [-0.05, 0) is 36.4 Å². The van der Waals surface area contributed by atoms with E-state index in [1.807, 2.05) is 41.3 Å². The highest BCUT2D eigenvalue weighted by molar-refractivity contribution is 5.58. The van der Waals surface area contributed by atoms with Gasteiger partial charge in [-0.2, -0.15) is 13.2 Å². The molecule has 0 amide bonds. The second-order valence-electron chi connectivity index (χ2n) is 5.77. The van der Waals surface area contributed by atoms with Crippen molar-refractivity contribution in [1.29, 1.82) is 0 Å². The maximum absolute atomic E-state index is 12.5. The molecule has 6 heteroatoms. The summed E-state index contributed by atoms with van der Waals surface area (Å²) in [4.78, 5) is 1.95. The van der Waals surface area contributed by atoms with Crippen molar-refractivity contribution in [3.63, 3.8) is 0 Å². The van der Waals surface area contributed by atoms with E-state index in [4.69, 9.17) is 5.73 Å². The van der Waals surface area contributed by atoms with Gasteiger partial charge >= 0.3 is 6.18 Å². The third kappa shape index (κ3) is 5.67. The van der Waals surface area contributed by atoms with Gasteiger partial charge in [-0.1, -0.05) is 49.6 Å². The SMILES string of the molecule is C=C/C=C(\C=C)N(c1ccccc1)C1C=CC=C(/C(N)=C\CC(F)(F)F)N1. The molecule has 0 saturated heterocycles.